The van der Waals surface area contributed by atoms with E-state index in [0.29, 0.717) is 41.6 Å². The summed E-state index contributed by atoms with van der Waals surface area (Å²) in [4.78, 5) is 4.68. The van der Waals surface area contributed by atoms with E-state index in [4.69, 9.17) is 21.1 Å². The highest BCUT2D eigenvalue weighted by atomic mass is 35.5. The molecule has 0 aromatic heterocycles. The van der Waals surface area contributed by atoms with E-state index in [9.17, 15) is 0 Å². The molecule has 0 amide bonds. The van der Waals surface area contributed by atoms with Crippen LogP contribution in [-0.2, 0) is 0 Å². The minimum Gasteiger partial charge on any atom is -0.490 e. The average molecular weight is 499 g/mol. The highest BCUT2D eigenvalue weighted by Gasteiger charge is 2.37. The maximum Gasteiger partial charge on any atom is 0.180 e. The minimum atomic E-state index is 0.272. The van der Waals surface area contributed by atoms with Crippen LogP contribution in [0.15, 0.2) is 84.4 Å². The zero-order valence-corrected chi connectivity index (χ0v) is 21.5. The van der Waals surface area contributed by atoms with E-state index in [1.807, 2.05) is 19.1 Å². The fraction of sp³-hybridized carbons (Fsp3) is 0.258. The lowest BCUT2D eigenvalue weighted by molar-refractivity contribution is 0.297. The van der Waals surface area contributed by atoms with Gasteiger partial charge in [-0.2, -0.15) is 0 Å². The molecule has 0 unspecified atom stereocenters. The van der Waals surface area contributed by atoms with Crippen LogP contribution in [0.4, 0.5) is 11.4 Å². The molecule has 0 radical (unpaired) electrons. The first-order valence-electron chi connectivity index (χ1n) is 12.4. The van der Waals surface area contributed by atoms with E-state index < -0.39 is 0 Å². The Kier molecular flexibility index (Phi) is 7.15. The highest BCUT2D eigenvalue weighted by molar-refractivity contribution is 6.32. The second-order valence-electron chi connectivity index (χ2n) is 9.28. The highest BCUT2D eigenvalue weighted by Crippen LogP contribution is 2.50. The monoisotopic (exact) mass is 498 g/mol. The molecule has 0 fully saturated rings. The van der Waals surface area contributed by atoms with E-state index in [2.05, 4.69) is 78.4 Å². The molecule has 4 nitrogen and oxygen atoms in total. The summed E-state index contributed by atoms with van der Waals surface area (Å²) in [7, 11) is 0. The maximum absolute atomic E-state index is 6.47. The van der Waals surface area contributed by atoms with Crippen LogP contribution in [-0.4, -0.2) is 19.4 Å². The summed E-state index contributed by atoms with van der Waals surface area (Å²) < 4.78 is 11.4. The fourth-order valence-corrected chi connectivity index (χ4v) is 5.44. The molecule has 0 saturated heterocycles. The van der Waals surface area contributed by atoms with Crippen LogP contribution in [0.25, 0.3) is 0 Å². The van der Waals surface area contributed by atoms with Gasteiger partial charge in [0.15, 0.2) is 11.5 Å². The van der Waals surface area contributed by atoms with Crippen molar-refractivity contribution in [2.24, 2.45) is 10.9 Å². The quantitative estimate of drug-likeness (QED) is 0.251. The van der Waals surface area contributed by atoms with Crippen LogP contribution >= 0.6 is 11.6 Å². The third kappa shape index (κ3) is 4.91. The molecule has 3 aromatic carbocycles. The van der Waals surface area contributed by atoms with Crippen molar-refractivity contribution in [3.05, 3.63) is 107 Å². The molecule has 0 saturated carbocycles. The maximum atomic E-state index is 6.47. The first-order chi connectivity index (χ1) is 17.6. The second kappa shape index (κ2) is 10.6. The van der Waals surface area contributed by atoms with Crippen molar-refractivity contribution in [1.82, 2.24) is 0 Å². The van der Waals surface area contributed by atoms with Crippen LogP contribution in [0.1, 0.15) is 47.6 Å². The molecule has 1 aliphatic heterocycles. The van der Waals surface area contributed by atoms with Crippen LogP contribution in [0.3, 0.4) is 0 Å². The molecule has 1 aliphatic carbocycles. The zero-order chi connectivity index (χ0) is 25.1. The van der Waals surface area contributed by atoms with Gasteiger partial charge >= 0.3 is 0 Å². The topological polar surface area (TPSA) is 42.8 Å². The normalized spacial score (nSPS) is 20.0. The Morgan fingerprint density at radius 1 is 1.11 bits per heavy atom. The van der Waals surface area contributed by atoms with Crippen molar-refractivity contribution in [3.63, 3.8) is 0 Å². The van der Waals surface area contributed by atoms with Crippen molar-refractivity contribution >= 4 is 29.2 Å². The Morgan fingerprint density at radius 2 is 1.94 bits per heavy atom. The summed E-state index contributed by atoms with van der Waals surface area (Å²) in [6.07, 6.45) is 9.28. The number of rotatable bonds is 8. The third-order valence-corrected chi connectivity index (χ3v) is 7.09. The molecule has 5 rings (SSSR count). The molecule has 1 N–H and O–H groups in total. The van der Waals surface area contributed by atoms with Gasteiger partial charge in [-0.05, 0) is 73.2 Å². The number of aliphatic imine (C=N–C) groups is 1. The molecule has 36 heavy (non-hydrogen) atoms. The summed E-state index contributed by atoms with van der Waals surface area (Å²) in [6.45, 7) is 8.65. The second-order valence-corrected chi connectivity index (χ2v) is 9.69. The number of anilines is 1. The van der Waals surface area contributed by atoms with Gasteiger partial charge in [0.1, 0.15) is 6.61 Å². The number of nitrogens with zero attached hydrogens (tertiary/aromatic N) is 1. The predicted molar refractivity (Wildman–Crippen MR) is 150 cm³/mol. The van der Waals surface area contributed by atoms with Gasteiger partial charge in [0.2, 0.25) is 0 Å². The summed E-state index contributed by atoms with van der Waals surface area (Å²) in [5.41, 5.74) is 6.97. The lowest BCUT2D eigenvalue weighted by atomic mass is 9.76. The number of fused-ring (bicyclic) bond motifs is 3. The average Bonchev–Trinajstić information content (AvgIpc) is 3.38. The Balaban J connectivity index is 1.35. The predicted octanol–water partition coefficient (Wildman–Crippen LogP) is 8.19. The van der Waals surface area contributed by atoms with E-state index in [1.165, 1.54) is 22.4 Å². The largest absolute Gasteiger partial charge is 0.490 e. The Labute approximate surface area is 218 Å². The van der Waals surface area contributed by atoms with Gasteiger partial charge in [0, 0.05) is 17.8 Å². The molecular formula is C31H31ClN2O2. The van der Waals surface area contributed by atoms with Gasteiger partial charge in [-0.3, -0.25) is 4.99 Å². The van der Waals surface area contributed by atoms with Gasteiger partial charge in [-0.25, -0.2) is 0 Å². The number of hydrogen-bond acceptors (Lipinski definition) is 4. The number of ether oxygens (including phenoxy) is 2. The first kappa shape index (κ1) is 24.2. The Bertz CT molecular complexity index is 1310. The number of aryl methyl sites for hydroxylation is 1. The summed E-state index contributed by atoms with van der Waals surface area (Å²) in [5.74, 6) is 2.11. The van der Waals surface area contributed by atoms with E-state index in [1.54, 1.807) is 12.3 Å². The summed E-state index contributed by atoms with van der Waals surface area (Å²) >= 11 is 6.47. The standard InChI is InChI=1S/C31H31ClN2O2/c1-4-15-36-31-27(32)17-21(18-29(31)35-5-2)19-33-23-12-10-22(11-13-23)30-25-8-6-7-24(25)26-16-20(3)9-14-28(26)34-30/h4,6-7,9-14,16-19,24-25,30,34H,1,5,8,15H2,2-3H3/t24-,25-,30+/m1/s1. The van der Waals surface area contributed by atoms with Crippen LogP contribution in [0.2, 0.25) is 5.02 Å². The van der Waals surface area contributed by atoms with Gasteiger partial charge in [-0.15, -0.1) is 0 Å². The number of hydrogen-bond donors (Lipinski definition) is 1. The molecule has 1 heterocycles. The zero-order valence-electron chi connectivity index (χ0n) is 20.7. The Hall–Kier alpha value is -3.50. The molecule has 184 valence electrons. The SMILES string of the molecule is C=CCOc1c(Cl)cc(C=Nc2ccc([C@@H]3Nc4ccc(C)cc4[C@@H]4C=CC[C@H]43)cc2)cc1OCC. The van der Waals surface area contributed by atoms with Gasteiger partial charge in [0.25, 0.3) is 0 Å². The van der Waals surface area contributed by atoms with Crippen molar-refractivity contribution < 1.29 is 9.47 Å². The van der Waals surface area contributed by atoms with E-state index in [0.717, 1.165) is 17.7 Å². The fourth-order valence-electron chi connectivity index (χ4n) is 5.17. The first-order valence-corrected chi connectivity index (χ1v) is 12.8. The van der Waals surface area contributed by atoms with Crippen LogP contribution in [0, 0.1) is 12.8 Å². The number of benzene rings is 3. The minimum absolute atomic E-state index is 0.272. The molecule has 2 aliphatic rings. The van der Waals surface area contributed by atoms with Crippen LogP contribution < -0.4 is 14.8 Å². The third-order valence-electron chi connectivity index (χ3n) is 6.81. The smallest absolute Gasteiger partial charge is 0.180 e. The van der Waals surface area contributed by atoms with E-state index in [-0.39, 0.29) is 6.04 Å². The molecular weight excluding hydrogens is 468 g/mol. The number of halogens is 1. The van der Waals surface area contributed by atoms with Crippen molar-refractivity contribution in [3.8, 4) is 11.5 Å². The molecule has 0 spiro atoms. The molecule has 5 heteroatoms. The van der Waals surface area contributed by atoms with Crippen molar-refractivity contribution in [1.29, 1.82) is 0 Å². The summed E-state index contributed by atoms with van der Waals surface area (Å²) in [5, 5.41) is 4.29. The molecule has 0 bridgehead atoms. The van der Waals surface area contributed by atoms with Crippen molar-refractivity contribution in [2.75, 3.05) is 18.5 Å². The van der Waals surface area contributed by atoms with Gasteiger partial charge in [0.05, 0.1) is 23.4 Å². The van der Waals surface area contributed by atoms with Crippen molar-refractivity contribution in [2.45, 2.75) is 32.2 Å². The Morgan fingerprint density at radius 3 is 2.72 bits per heavy atom. The molecule has 3 atom stereocenters. The molecule has 3 aromatic rings. The number of allylic oxidation sites excluding steroid dienone is 2. The lowest BCUT2D eigenvalue weighted by Gasteiger charge is -2.37. The van der Waals surface area contributed by atoms with Gasteiger partial charge in [-0.1, -0.05) is 66.2 Å². The number of nitrogens with one attached hydrogen (secondary N) is 1. The van der Waals surface area contributed by atoms with Gasteiger partial charge < -0.3 is 14.8 Å². The lowest BCUT2D eigenvalue weighted by Crippen LogP contribution is -2.29. The van der Waals surface area contributed by atoms with Crippen LogP contribution in [0.5, 0.6) is 11.5 Å². The van der Waals surface area contributed by atoms with E-state index >= 15 is 0 Å². The summed E-state index contributed by atoms with van der Waals surface area (Å²) in [6, 6.07) is 19.2.